The van der Waals surface area contributed by atoms with Crippen molar-refractivity contribution >= 4 is 25.8 Å². The predicted molar refractivity (Wildman–Crippen MR) is 59.8 cm³/mol. The number of sulfone groups is 1. The Kier molecular flexibility index (Phi) is 5.07. The summed E-state index contributed by atoms with van der Waals surface area (Å²) in [6, 6.07) is 0. The molecule has 0 radical (unpaired) electrons. The predicted octanol–water partition coefficient (Wildman–Crippen LogP) is -2.21. The molecule has 0 heterocycles. The van der Waals surface area contributed by atoms with Crippen molar-refractivity contribution in [1.82, 2.24) is 4.72 Å². The molecule has 8 nitrogen and oxygen atoms in total. The third-order valence-electron chi connectivity index (χ3n) is 1.82. The molecule has 3 N–H and O–H groups in total. The van der Waals surface area contributed by atoms with Gasteiger partial charge in [-0.25, -0.2) is 26.4 Å². The van der Waals surface area contributed by atoms with Gasteiger partial charge in [-0.3, -0.25) is 0 Å². The first-order chi connectivity index (χ1) is 7.36. The number of carboxylic acids is 1. The van der Waals surface area contributed by atoms with Gasteiger partial charge in [-0.05, 0) is 6.92 Å². The number of carboxylic acid groups (broad SMARTS) is 1. The fourth-order valence-electron chi connectivity index (χ4n) is 0.659. The van der Waals surface area contributed by atoms with Crippen LogP contribution in [0.25, 0.3) is 0 Å². The topological polar surface area (TPSA) is 138 Å². The van der Waals surface area contributed by atoms with Crippen LogP contribution in [-0.2, 0) is 24.7 Å². The van der Waals surface area contributed by atoms with Gasteiger partial charge in [0.1, 0.15) is 9.84 Å². The number of rotatable bonds is 7. The molecule has 1 atom stereocenters. The summed E-state index contributed by atoms with van der Waals surface area (Å²) >= 11 is 0. The van der Waals surface area contributed by atoms with Crippen LogP contribution in [0, 0.1) is 0 Å². The maximum atomic E-state index is 11.3. The van der Waals surface area contributed by atoms with E-state index in [1.807, 2.05) is 4.72 Å². The second-order valence-corrected chi connectivity index (χ2v) is 8.04. The summed E-state index contributed by atoms with van der Waals surface area (Å²) in [4.78, 5) is 10.5. The molecule has 0 aromatic heterocycles. The normalized spacial score (nSPS) is 16.4. The van der Waals surface area contributed by atoms with E-state index >= 15 is 0 Å². The first-order valence-electron chi connectivity index (χ1n) is 4.46. The number of carbonyl (C=O) groups is 1. The van der Waals surface area contributed by atoms with Crippen molar-refractivity contribution < 1.29 is 31.8 Å². The van der Waals surface area contributed by atoms with E-state index in [9.17, 15) is 26.7 Å². The van der Waals surface area contributed by atoms with E-state index in [-0.39, 0.29) is 0 Å². The molecule has 10 heteroatoms. The van der Waals surface area contributed by atoms with Crippen molar-refractivity contribution in [1.29, 1.82) is 0 Å². The van der Waals surface area contributed by atoms with Crippen molar-refractivity contribution in [3.05, 3.63) is 0 Å². The zero-order valence-electron chi connectivity index (χ0n) is 9.37. The largest absolute Gasteiger partial charge is 0.479 e. The lowest BCUT2D eigenvalue weighted by atomic mass is 10.1. The van der Waals surface area contributed by atoms with Crippen molar-refractivity contribution in [3.8, 4) is 0 Å². The van der Waals surface area contributed by atoms with E-state index in [0.29, 0.717) is 0 Å². The number of aliphatic hydroxyl groups is 1. The first kappa shape index (κ1) is 16.3. The minimum absolute atomic E-state index is 0.572. The highest BCUT2D eigenvalue weighted by Gasteiger charge is 2.31. The Balaban J connectivity index is 4.44. The minimum atomic E-state index is -3.93. The molecular weight excluding hydrogens is 274 g/mol. The highest BCUT2D eigenvalue weighted by atomic mass is 32.2. The summed E-state index contributed by atoms with van der Waals surface area (Å²) < 4.78 is 45.9. The molecule has 0 saturated carbocycles. The number of hydrogen-bond donors (Lipinski definition) is 3. The lowest BCUT2D eigenvalue weighted by Gasteiger charge is -2.18. The van der Waals surface area contributed by atoms with Crippen molar-refractivity contribution in [3.63, 3.8) is 0 Å². The van der Waals surface area contributed by atoms with Crippen LogP contribution in [0.2, 0.25) is 0 Å². The van der Waals surface area contributed by atoms with E-state index in [1.54, 1.807) is 0 Å². The van der Waals surface area contributed by atoms with Gasteiger partial charge >= 0.3 is 5.97 Å². The molecule has 1 unspecified atom stereocenters. The lowest BCUT2D eigenvalue weighted by Crippen LogP contribution is -2.47. The average Bonchev–Trinajstić information content (AvgIpc) is 2.11. The Morgan fingerprint density at radius 1 is 1.24 bits per heavy atom. The van der Waals surface area contributed by atoms with Crippen molar-refractivity contribution in [2.75, 3.05) is 24.3 Å². The van der Waals surface area contributed by atoms with E-state index in [4.69, 9.17) is 5.11 Å². The Labute approximate surface area is 99.6 Å². The smallest absolute Gasteiger partial charge is 0.336 e. The number of aliphatic carboxylic acids is 1. The fourth-order valence-corrected chi connectivity index (χ4v) is 3.39. The molecule has 0 fully saturated rings. The van der Waals surface area contributed by atoms with E-state index in [0.717, 1.165) is 13.2 Å². The van der Waals surface area contributed by atoms with Gasteiger partial charge in [-0.15, -0.1) is 0 Å². The average molecular weight is 289 g/mol. The lowest BCUT2D eigenvalue weighted by molar-refractivity contribution is -0.155. The second-order valence-electron chi connectivity index (χ2n) is 3.85. The quantitative estimate of drug-likeness (QED) is 0.483. The highest BCUT2D eigenvalue weighted by molar-refractivity contribution is 7.93. The Bertz CT molecular complexity index is 476. The summed E-state index contributed by atoms with van der Waals surface area (Å²) in [6.45, 7) is 0.197. The standard InChI is InChI=1S/C7H15NO7S2/c1-7(11,6(9)10)5-8-17(14,15)4-3-16(2,12)13/h8,11H,3-5H2,1-2H3,(H,9,10). The molecule has 102 valence electrons. The van der Waals surface area contributed by atoms with Crippen molar-refractivity contribution in [2.45, 2.75) is 12.5 Å². The van der Waals surface area contributed by atoms with Gasteiger partial charge in [-0.2, -0.15) is 0 Å². The molecule has 17 heavy (non-hydrogen) atoms. The Hall–Kier alpha value is -0.710. The summed E-state index contributed by atoms with van der Waals surface area (Å²) in [5.74, 6) is -2.83. The summed E-state index contributed by atoms with van der Waals surface area (Å²) in [6.07, 6.45) is 0.885. The van der Waals surface area contributed by atoms with Crippen LogP contribution in [0.3, 0.4) is 0 Å². The summed E-state index contributed by atoms with van der Waals surface area (Å²) in [5.41, 5.74) is -2.24. The van der Waals surface area contributed by atoms with E-state index < -0.39 is 49.5 Å². The van der Waals surface area contributed by atoms with Crippen LogP contribution in [0.15, 0.2) is 0 Å². The van der Waals surface area contributed by atoms with Gasteiger partial charge in [0.15, 0.2) is 5.60 Å². The molecule has 0 aliphatic heterocycles. The van der Waals surface area contributed by atoms with Crippen LogP contribution in [0.1, 0.15) is 6.92 Å². The molecule has 0 rings (SSSR count). The van der Waals surface area contributed by atoms with Gasteiger partial charge in [0.25, 0.3) is 0 Å². The maximum Gasteiger partial charge on any atom is 0.336 e. The zero-order valence-corrected chi connectivity index (χ0v) is 11.0. The van der Waals surface area contributed by atoms with E-state index in [1.165, 1.54) is 0 Å². The van der Waals surface area contributed by atoms with Crippen molar-refractivity contribution in [2.24, 2.45) is 0 Å². The molecule has 0 amide bonds. The summed E-state index contributed by atoms with van der Waals surface area (Å²) in [7, 11) is -7.36. The number of nitrogens with one attached hydrogen (secondary N) is 1. The third kappa shape index (κ3) is 7.26. The number of sulfonamides is 1. The van der Waals surface area contributed by atoms with Gasteiger partial charge in [0.2, 0.25) is 10.0 Å². The Morgan fingerprint density at radius 3 is 2.06 bits per heavy atom. The van der Waals surface area contributed by atoms with Gasteiger partial charge < -0.3 is 10.2 Å². The first-order valence-corrected chi connectivity index (χ1v) is 8.18. The van der Waals surface area contributed by atoms with Gasteiger partial charge in [-0.1, -0.05) is 0 Å². The second kappa shape index (κ2) is 5.29. The van der Waals surface area contributed by atoms with E-state index in [2.05, 4.69) is 0 Å². The zero-order chi connectivity index (χ0) is 13.9. The molecular formula is C7H15NO7S2. The van der Waals surface area contributed by atoms with Crippen LogP contribution in [-0.4, -0.2) is 62.9 Å². The Morgan fingerprint density at radius 2 is 1.71 bits per heavy atom. The number of hydrogen-bond acceptors (Lipinski definition) is 6. The molecule has 0 aliphatic carbocycles. The maximum absolute atomic E-state index is 11.3. The van der Waals surface area contributed by atoms with Crippen LogP contribution in [0.4, 0.5) is 0 Å². The minimum Gasteiger partial charge on any atom is -0.479 e. The summed E-state index contributed by atoms with van der Waals surface area (Å²) in [5, 5.41) is 17.8. The van der Waals surface area contributed by atoms with Crippen LogP contribution in [0.5, 0.6) is 0 Å². The third-order valence-corrected chi connectivity index (χ3v) is 4.35. The highest BCUT2D eigenvalue weighted by Crippen LogP contribution is 2.02. The molecule has 0 spiro atoms. The van der Waals surface area contributed by atoms with Gasteiger partial charge in [0, 0.05) is 12.8 Å². The molecule has 0 bridgehead atoms. The monoisotopic (exact) mass is 289 g/mol. The fraction of sp³-hybridized carbons (Fsp3) is 0.857. The molecule has 0 aliphatic rings. The molecule has 0 aromatic carbocycles. The molecule has 0 saturated heterocycles. The van der Waals surface area contributed by atoms with Crippen LogP contribution < -0.4 is 4.72 Å². The van der Waals surface area contributed by atoms with Gasteiger partial charge in [0.05, 0.1) is 11.5 Å². The van der Waals surface area contributed by atoms with Crippen LogP contribution >= 0.6 is 0 Å². The molecule has 0 aromatic rings. The SMILES string of the molecule is CC(O)(CNS(=O)(=O)CCS(C)(=O)=O)C(=O)O.